The van der Waals surface area contributed by atoms with Crippen LogP contribution in [0.5, 0.6) is 0 Å². The van der Waals surface area contributed by atoms with Gasteiger partial charge in [-0.15, -0.1) is 5.10 Å². The number of nitrogens with zero attached hydrogens (tertiary/aromatic N) is 5. The van der Waals surface area contributed by atoms with Crippen LogP contribution in [-0.2, 0) is 13.2 Å². The molecule has 0 atom stereocenters. The molecule has 0 spiro atoms. The Balaban J connectivity index is 2.20. The fourth-order valence-electron chi connectivity index (χ4n) is 1.30. The zero-order valence-electron chi connectivity index (χ0n) is 8.83. The maximum absolute atomic E-state index is 8.84. The molecule has 7 nitrogen and oxygen atoms in total. The molecule has 0 aromatic carbocycles. The van der Waals surface area contributed by atoms with Crippen molar-refractivity contribution in [2.45, 2.75) is 20.1 Å². The minimum absolute atomic E-state index is 0.125. The van der Waals surface area contributed by atoms with Crippen LogP contribution in [0.15, 0.2) is 12.4 Å². The zero-order valence-corrected chi connectivity index (χ0v) is 8.83. The van der Waals surface area contributed by atoms with Crippen molar-refractivity contribution in [3.8, 4) is 0 Å². The lowest BCUT2D eigenvalue weighted by Crippen LogP contribution is -2.07. The molecule has 2 rings (SSSR count). The third-order valence-corrected chi connectivity index (χ3v) is 2.10. The van der Waals surface area contributed by atoms with Crippen LogP contribution in [0.25, 0.3) is 0 Å². The Hall–Kier alpha value is -2.02. The molecule has 0 aliphatic carbocycles. The summed E-state index contributed by atoms with van der Waals surface area (Å²) in [5.41, 5.74) is 7.04. The molecule has 16 heavy (non-hydrogen) atoms. The number of hydrogen-bond donors (Lipinski definition) is 2. The van der Waals surface area contributed by atoms with Gasteiger partial charge in [-0.05, 0) is 6.92 Å². The summed E-state index contributed by atoms with van der Waals surface area (Å²) in [5, 5.41) is 16.4. The van der Waals surface area contributed by atoms with Gasteiger partial charge in [0, 0.05) is 11.8 Å². The second kappa shape index (κ2) is 4.23. The molecule has 0 radical (unpaired) electrons. The van der Waals surface area contributed by atoms with Crippen molar-refractivity contribution in [1.29, 1.82) is 0 Å². The summed E-state index contributed by atoms with van der Waals surface area (Å²) in [7, 11) is 0. The number of aryl methyl sites for hydroxylation is 1. The van der Waals surface area contributed by atoms with Crippen LogP contribution in [0.1, 0.15) is 17.1 Å². The Labute approximate surface area is 92.0 Å². The number of nitrogen functional groups attached to an aromatic ring is 1. The third-order valence-electron chi connectivity index (χ3n) is 2.10. The lowest BCUT2D eigenvalue weighted by molar-refractivity contribution is 0.276. The monoisotopic (exact) mass is 220 g/mol. The van der Waals surface area contributed by atoms with Gasteiger partial charge in [0.2, 0.25) is 0 Å². The van der Waals surface area contributed by atoms with E-state index in [4.69, 9.17) is 10.8 Å². The maximum atomic E-state index is 8.84. The molecule has 2 heterocycles. The molecule has 0 aliphatic heterocycles. The minimum atomic E-state index is -0.125. The van der Waals surface area contributed by atoms with Gasteiger partial charge in [0.25, 0.3) is 0 Å². The topological polar surface area (TPSA) is 103 Å². The van der Waals surface area contributed by atoms with Crippen molar-refractivity contribution < 1.29 is 5.11 Å². The number of anilines is 1. The van der Waals surface area contributed by atoms with Crippen molar-refractivity contribution in [3.05, 3.63) is 29.5 Å². The largest absolute Gasteiger partial charge is 0.390 e. The van der Waals surface area contributed by atoms with Gasteiger partial charge < -0.3 is 10.8 Å². The summed E-state index contributed by atoms with van der Waals surface area (Å²) in [4.78, 5) is 8.11. The lowest BCUT2D eigenvalue weighted by Gasteiger charge is -2.04. The SMILES string of the molecule is Cc1ncc(Cn2cc(CO)nn2)c(N)n1. The number of rotatable bonds is 3. The van der Waals surface area contributed by atoms with Crippen molar-refractivity contribution in [1.82, 2.24) is 25.0 Å². The van der Waals surface area contributed by atoms with Gasteiger partial charge >= 0.3 is 0 Å². The fourth-order valence-corrected chi connectivity index (χ4v) is 1.30. The second-order valence-corrected chi connectivity index (χ2v) is 3.39. The number of aliphatic hydroxyl groups is 1. The van der Waals surface area contributed by atoms with E-state index in [-0.39, 0.29) is 6.61 Å². The molecule has 0 amide bonds. The summed E-state index contributed by atoms with van der Waals surface area (Å²) < 4.78 is 1.58. The van der Waals surface area contributed by atoms with Crippen molar-refractivity contribution in [2.24, 2.45) is 0 Å². The fraction of sp³-hybridized carbons (Fsp3) is 0.333. The van der Waals surface area contributed by atoms with E-state index < -0.39 is 0 Å². The average Bonchev–Trinajstić information content (AvgIpc) is 2.70. The predicted octanol–water partition coefficient (Wildman–Crippen LogP) is -0.501. The van der Waals surface area contributed by atoms with Crippen LogP contribution in [0.4, 0.5) is 5.82 Å². The summed E-state index contributed by atoms with van der Waals surface area (Å²) in [6, 6.07) is 0. The van der Waals surface area contributed by atoms with Gasteiger partial charge in [0.05, 0.1) is 19.3 Å². The highest BCUT2D eigenvalue weighted by Gasteiger charge is 2.05. The second-order valence-electron chi connectivity index (χ2n) is 3.39. The smallest absolute Gasteiger partial charge is 0.132 e. The Kier molecular flexibility index (Phi) is 2.78. The van der Waals surface area contributed by atoms with E-state index in [2.05, 4.69) is 20.3 Å². The summed E-state index contributed by atoms with van der Waals surface area (Å²) in [6.45, 7) is 2.10. The Bertz CT molecular complexity index is 494. The molecule has 0 fully saturated rings. The Morgan fingerprint density at radius 2 is 2.31 bits per heavy atom. The first-order chi connectivity index (χ1) is 7.69. The molecule has 84 valence electrons. The number of hydrogen-bond acceptors (Lipinski definition) is 6. The maximum Gasteiger partial charge on any atom is 0.132 e. The van der Waals surface area contributed by atoms with E-state index in [0.717, 1.165) is 5.56 Å². The van der Waals surface area contributed by atoms with Crippen LogP contribution in [0.2, 0.25) is 0 Å². The summed E-state index contributed by atoms with van der Waals surface area (Å²) in [5.74, 6) is 1.07. The third kappa shape index (κ3) is 2.14. The molecule has 0 unspecified atom stereocenters. The number of aliphatic hydroxyl groups excluding tert-OH is 1. The first-order valence-electron chi connectivity index (χ1n) is 4.77. The molecule has 7 heteroatoms. The van der Waals surface area contributed by atoms with Crippen LogP contribution in [-0.4, -0.2) is 30.1 Å². The highest BCUT2D eigenvalue weighted by atomic mass is 16.3. The standard InChI is InChI=1S/C9H12N6O/c1-6-11-2-7(9(10)12-6)3-15-4-8(5-16)13-14-15/h2,4,16H,3,5H2,1H3,(H2,10,11,12). The molecular weight excluding hydrogens is 208 g/mol. The van der Waals surface area contributed by atoms with Crippen LogP contribution < -0.4 is 5.73 Å². The Morgan fingerprint density at radius 3 is 2.94 bits per heavy atom. The van der Waals surface area contributed by atoms with E-state index >= 15 is 0 Å². The molecule has 0 bridgehead atoms. The van der Waals surface area contributed by atoms with Gasteiger partial charge in [0.1, 0.15) is 17.3 Å². The molecule has 2 aromatic rings. The first-order valence-corrected chi connectivity index (χ1v) is 4.77. The predicted molar refractivity (Wildman–Crippen MR) is 56.2 cm³/mol. The quantitative estimate of drug-likeness (QED) is 0.722. The lowest BCUT2D eigenvalue weighted by atomic mass is 10.3. The summed E-state index contributed by atoms with van der Waals surface area (Å²) >= 11 is 0. The first kappa shape index (κ1) is 10.5. The van der Waals surface area contributed by atoms with Gasteiger partial charge in [-0.1, -0.05) is 5.21 Å². The zero-order chi connectivity index (χ0) is 11.5. The summed E-state index contributed by atoms with van der Waals surface area (Å²) in [6.07, 6.45) is 3.32. The van der Waals surface area contributed by atoms with E-state index in [0.29, 0.717) is 23.9 Å². The van der Waals surface area contributed by atoms with Gasteiger partial charge in [-0.2, -0.15) is 0 Å². The molecule has 0 aliphatic rings. The van der Waals surface area contributed by atoms with Crippen molar-refractivity contribution in [2.75, 3.05) is 5.73 Å². The van der Waals surface area contributed by atoms with E-state index in [1.165, 1.54) is 0 Å². The highest BCUT2D eigenvalue weighted by molar-refractivity contribution is 5.37. The molecule has 3 N–H and O–H groups in total. The number of aromatic nitrogens is 5. The van der Waals surface area contributed by atoms with Crippen LogP contribution in [0.3, 0.4) is 0 Å². The van der Waals surface area contributed by atoms with Crippen LogP contribution >= 0.6 is 0 Å². The molecule has 0 saturated heterocycles. The van der Waals surface area contributed by atoms with E-state index in [9.17, 15) is 0 Å². The van der Waals surface area contributed by atoms with Gasteiger partial charge in [0.15, 0.2) is 0 Å². The van der Waals surface area contributed by atoms with Gasteiger partial charge in [-0.3, -0.25) is 0 Å². The molecule has 0 saturated carbocycles. The minimum Gasteiger partial charge on any atom is -0.390 e. The van der Waals surface area contributed by atoms with Crippen molar-refractivity contribution in [3.63, 3.8) is 0 Å². The highest BCUT2D eigenvalue weighted by Crippen LogP contribution is 2.08. The van der Waals surface area contributed by atoms with Gasteiger partial charge in [-0.25, -0.2) is 14.6 Å². The van der Waals surface area contributed by atoms with E-state index in [1.54, 1.807) is 24.0 Å². The normalized spacial score (nSPS) is 10.6. The van der Waals surface area contributed by atoms with Crippen molar-refractivity contribution >= 4 is 5.82 Å². The molecular formula is C9H12N6O. The average molecular weight is 220 g/mol. The van der Waals surface area contributed by atoms with E-state index in [1.807, 2.05) is 0 Å². The van der Waals surface area contributed by atoms with Crippen LogP contribution in [0, 0.1) is 6.92 Å². The molecule has 2 aromatic heterocycles. The Morgan fingerprint density at radius 1 is 1.50 bits per heavy atom. The number of nitrogens with two attached hydrogens (primary N) is 1.